The highest BCUT2D eigenvalue weighted by Crippen LogP contribution is 2.14. The predicted molar refractivity (Wildman–Crippen MR) is 65.4 cm³/mol. The van der Waals surface area contributed by atoms with Crippen LogP contribution in [0.4, 0.5) is 5.82 Å². The van der Waals surface area contributed by atoms with E-state index in [4.69, 9.17) is 0 Å². The molecule has 1 aliphatic rings. The topological polar surface area (TPSA) is 50.5 Å². The van der Waals surface area contributed by atoms with Crippen molar-refractivity contribution in [1.29, 1.82) is 0 Å². The lowest BCUT2D eigenvalue weighted by molar-refractivity contribution is -0.659. The molecule has 0 bridgehead atoms. The van der Waals surface area contributed by atoms with Crippen molar-refractivity contribution in [2.24, 2.45) is 7.05 Å². The van der Waals surface area contributed by atoms with Gasteiger partial charge in [-0.2, -0.15) is 0 Å². The maximum atomic E-state index is 11.4. The first-order valence-corrected chi connectivity index (χ1v) is 5.96. The van der Waals surface area contributed by atoms with Crippen LogP contribution < -0.4 is 9.47 Å². The minimum Gasteiger partial charge on any atom is -0.465 e. The normalized spacial score (nSPS) is 15.7. The first-order valence-electron chi connectivity index (χ1n) is 5.96. The first kappa shape index (κ1) is 12.5. The van der Waals surface area contributed by atoms with Crippen molar-refractivity contribution in [3.63, 3.8) is 0 Å². The molecule has 0 saturated carbocycles. The van der Waals surface area contributed by atoms with Gasteiger partial charge in [0.05, 0.1) is 32.8 Å². The molecule has 2 heterocycles. The fourth-order valence-corrected chi connectivity index (χ4v) is 2.15. The summed E-state index contributed by atoms with van der Waals surface area (Å²) in [7, 11) is 3.25. The molecule has 5 heteroatoms. The summed E-state index contributed by atoms with van der Waals surface area (Å²) in [5, 5.41) is 0. The Balaban J connectivity index is 2.19. The first-order chi connectivity index (χ1) is 8.61. The number of carbonyl (C=O) groups excluding carboxylic acids is 2. The van der Waals surface area contributed by atoms with Crippen molar-refractivity contribution in [2.75, 3.05) is 25.1 Å². The molecular weight excluding hydrogens is 232 g/mol. The number of rotatable bonds is 2. The van der Waals surface area contributed by atoms with Crippen LogP contribution in [0.2, 0.25) is 0 Å². The lowest BCUT2D eigenvalue weighted by atomic mass is 10.1. The van der Waals surface area contributed by atoms with Crippen molar-refractivity contribution < 1.29 is 18.9 Å². The maximum absolute atomic E-state index is 11.4. The molecule has 0 atom stereocenters. The van der Waals surface area contributed by atoms with Gasteiger partial charge in [-0.15, -0.1) is 0 Å². The van der Waals surface area contributed by atoms with Gasteiger partial charge in [0.2, 0.25) is 0 Å². The van der Waals surface area contributed by atoms with Gasteiger partial charge in [0, 0.05) is 18.9 Å². The lowest BCUT2D eigenvalue weighted by Crippen LogP contribution is -2.43. The number of ketones is 1. The summed E-state index contributed by atoms with van der Waals surface area (Å²) in [5.41, 5.74) is 0.525. The second-order valence-corrected chi connectivity index (χ2v) is 4.40. The number of hydrogen-bond acceptors (Lipinski definition) is 4. The highest BCUT2D eigenvalue weighted by molar-refractivity contribution is 5.88. The summed E-state index contributed by atoms with van der Waals surface area (Å²) in [5.74, 6) is 0.987. The number of piperidine rings is 1. The van der Waals surface area contributed by atoms with Gasteiger partial charge in [0.25, 0.3) is 5.82 Å². The molecule has 18 heavy (non-hydrogen) atoms. The number of carbonyl (C=O) groups is 2. The number of Topliss-reactive ketones (excluding diaryl/α,β-unsaturated/α-hetero) is 1. The number of aromatic nitrogens is 1. The number of hydrogen-bond donors (Lipinski definition) is 0. The Morgan fingerprint density at radius 1 is 1.33 bits per heavy atom. The van der Waals surface area contributed by atoms with E-state index in [0.717, 1.165) is 18.9 Å². The number of nitrogens with zero attached hydrogens (tertiary/aromatic N) is 2. The predicted octanol–water partition coefficient (Wildman–Crippen LogP) is 0.467. The molecule has 0 aromatic carbocycles. The van der Waals surface area contributed by atoms with E-state index in [1.54, 1.807) is 12.3 Å². The van der Waals surface area contributed by atoms with Crippen LogP contribution in [0.15, 0.2) is 18.3 Å². The smallest absolute Gasteiger partial charge is 0.341 e. The third-order valence-electron chi connectivity index (χ3n) is 3.17. The van der Waals surface area contributed by atoms with Crippen LogP contribution in [0.25, 0.3) is 0 Å². The van der Waals surface area contributed by atoms with Crippen molar-refractivity contribution in [3.05, 3.63) is 23.9 Å². The van der Waals surface area contributed by atoms with Gasteiger partial charge in [-0.3, -0.25) is 9.69 Å². The van der Waals surface area contributed by atoms with Crippen molar-refractivity contribution in [3.8, 4) is 0 Å². The zero-order chi connectivity index (χ0) is 13.1. The number of ether oxygens (including phenoxy) is 1. The van der Waals surface area contributed by atoms with Crippen molar-refractivity contribution in [1.82, 2.24) is 0 Å². The van der Waals surface area contributed by atoms with Gasteiger partial charge in [0.1, 0.15) is 12.0 Å². The molecule has 0 N–H and O–H groups in total. The Morgan fingerprint density at radius 3 is 2.56 bits per heavy atom. The van der Waals surface area contributed by atoms with Gasteiger partial charge < -0.3 is 4.74 Å². The van der Waals surface area contributed by atoms with E-state index in [2.05, 4.69) is 9.64 Å². The van der Waals surface area contributed by atoms with E-state index in [9.17, 15) is 9.59 Å². The Bertz CT molecular complexity index is 475. The van der Waals surface area contributed by atoms with Crippen LogP contribution in [0.1, 0.15) is 23.2 Å². The molecule has 0 spiro atoms. The minimum atomic E-state index is -0.342. The van der Waals surface area contributed by atoms with Crippen LogP contribution in [0.3, 0.4) is 0 Å². The Morgan fingerprint density at radius 2 is 2.00 bits per heavy atom. The van der Waals surface area contributed by atoms with E-state index in [0.29, 0.717) is 24.2 Å². The van der Waals surface area contributed by atoms with Gasteiger partial charge in [0.15, 0.2) is 0 Å². The van der Waals surface area contributed by atoms with Crippen molar-refractivity contribution >= 4 is 17.6 Å². The van der Waals surface area contributed by atoms with E-state index in [-0.39, 0.29) is 5.97 Å². The molecule has 1 aromatic rings. The molecule has 1 saturated heterocycles. The summed E-state index contributed by atoms with van der Waals surface area (Å²) in [6, 6.07) is 3.64. The highest BCUT2D eigenvalue weighted by atomic mass is 16.5. The SMILES string of the molecule is COC(=O)c1ccc(N2CCC(=O)CC2)[n+](C)c1. The average Bonchev–Trinajstić information content (AvgIpc) is 2.39. The second kappa shape index (κ2) is 5.16. The largest absolute Gasteiger partial charge is 0.465 e. The van der Waals surface area contributed by atoms with Crippen LogP contribution in [0, 0.1) is 0 Å². The molecule has 0 radical (unpaired) electrons. The highest BCUT2D eigenvalue weighted by Gasteiger charge is 2.25. The van der Waals surface area contributed by atoms with E-state index < -0.39 is 0 Å². The summed E-state index contributed by atoms with van der Waals surface area (Å²) in [4.78, 5) is 24.8. The third kappa shape index (κ3) is 2.50. The van der Waals surface area contributed by atoms with Gasteiger partial charge in [-0.25, -0.2) is 9.36 Å². The molecule has 0 amide bonds. The zero-order valence-corrected chi connectivity index (χ0v) is 10.7. The summed E-state index contributed by atoms with van der Waals surface area (Å²) in [6.45, 7) is 1.48. The molecule has 0 unspecified atom stereocenters. The molecule has 2 rings (SSSR count). The fraction of sp³-hybridized carbons (Fsp3) is 0.462. The van der Waals surface area contributed by atoms with Crippen LogP contribution in [0.5, 0.6) is 0 Å². The molecule has 96 valence electrons. The van der Waals surface area contributed by atoms with E-state index >= 15 is 0 Å². The Hall–Kier alpha value is -1.91. The summed E-state index contributed by atoms with van der Waals surface area (Å²) >= 11 is 0. The van der Waals surface area contributed by atoms with Crippen LogP contribution in [-0.4, -0.2) is 32.0 Å². The molecule has 1 aromatic heterocycles. The Labute approximate surface area is 106 Å². The molecule has 0 aliphatic carbocycles. The standard InChI is InChI=1S/C13H17N2O3/c1-14-9-10(13(17)18-2)3-4-12(14)15-7-5-11(16)6-8-15/h3-4,9H,5-8H2,1-2H3/q+1. The van der Waals surface area contributed by atoms with Gasteiger partial charge in [-0.1, -0.05) is 0 Å². The lowest BCUT2D eigenvalue weighted by Gasteiger charge is -2.22. The number of methoxy groups -OCH3 is 1. The quantitative estimate of drug-likeness (QED) is 0.564. The van der Waals surface area contributed by atoms with Gasteiger partial charge in [-0.05, 0) is 6.07 Å². The fourth-order valence-electron chi connectivity index (χ4n) is 2.15. The number of esters is 1. The van der Waals surface area contributed by atoms with Crippen LogP contribution >= 0.6 is 0 Å². The van der Waals surface area contributed by atoms with Gasteiger partial charge >= 0.3 is 5.97 Å². The summed E-state index contributed by atoms with van der Waals surface area (Å²) < 4.78 is 6.57. The molecule has 5 nitrogen and oxygen atoms in total. The van der Waals surface area contributed by atoms with E-state index in [1.807, 2.05) is 17.7 Å². The summed E-state index contributed by atoms with van der Waals surface area (Å²) in [6.07, 6.45) is 2.94. The average molecular weight is 249 g/mol. The second-order valence-electron chi connectivity index (χ2n) is 4.40. The molecule has 1 fully saturated rings. The third-order valence-corrected chi connectivity index (χ3v) is 3.17. The molecule has 1 aliphatic heterocycles. The van der Waals surface area contributed by atoms with Crippen molar-refractivity contribution in [2.45, 2.75) is 12.8 Å². The zero-order valence-electron chi connectivity index (χ0n) is 10.7. The minimum absolute atomic E-state index is 0.320. The van der Waals surface area contributed by atoms with E-state index in [1.165, 1.54) is 7.11 Å². The monoisotopic (exact) mass is 249 g/mol. The maximum Gasteiger partial charge on any atom is 0.341 e. The van der Waals surface area contributed by atoms with Crippen LogP contribution in [-0.2, 0) is 16.6 Å². The number of pyridine rings is 1. The molecular formula is C13H17N2O3+. The number of aryl methyl sites for hydroxylation is 1. The number of anilines is 1. The Kier molecular flexibility index (Phi) is 3.60.